The van der Waals surface area contributed by atoms with E-state index < -0.39 is 0 Å². The molecule has 0 aromatic heterocycles. The molecule has 9 heavy (non-hydrogen) atoms. The molecule has 1 unspecified atom stereocenters. The molecule has 0 radical (unpaired) electrons. The zero-order valence-electron chi connectivity index (χ0n) is 5.80. The molecule has 0 saturated heterocycles. The van der Waals surface area contributed by atoms with Gasteiger partial charge in [0.25, 0.3) is 0 Å². The zero-order valence-corrected chi connectivity index (χ0v) is 5.80. The molecule has 0 aliphatic heterocycles. The summed E-state index contributed by atoms with van der Waals surface area (Å²) in [7, 11) is 0. The van der Waals surface area contributed by atoms with E-state index >= 15 is 0 Å². The Labute approximate surface area is 56.1 Å². The molecule has 0 aliphatic rings. The molecule has 2 nitrogen and oxygen atoms in total. The summed E-state index contributed by atoms with van der Waals surface area (Å²) in [6.45, 7) is 2.20. The highest BCUT2D eigenvalue weighted by atomic mass is 16.2. The van der Waals surface area contributed by atoms with Gasteiger partial charge in [0.15, 0.2) is 0 Å². The number of aliphatic hydroxyl groups is 1. The van der Waals surface area contributed by atoms with E-state index in [1.165, 1.54) is 0 Å². The zero-order chi connectivity index (χ0) is 7.11. The molecule has 52 valence electrons. The van der Waals surface area contributed by atoms with Crippen molar-refractivity contribution < 1.29 is 5.11 Å². The Morgan fingerprint density at radius 3 is 2.67 bits per heavy atom. The second kappa shape index (κ2) is 5.58. The van der Waals surface area contributed by atoms with Crippen LogP contribution >= 0.6 is 0 Å². The van der Waals surface area contributed by atoms with Crippen molar-refractivity contribution in [2.45, 2.75) is 26.2 Å². The fourth-order valence-corrected chi connectivity index (χ4v) is 0.698. The first-order valence-electron chi connectivity index (χ1n) is 3.35. The molecular weight excluding hydrogens is 114 g/mol. The quantitative estimate of drug-likeness (QED) is 0.618. The number of aliphatic hydroxyl groups excluding tert-OH is 1. The van der Waals surface area contributed by atoms with E-state index in [9.17, 15) is 0 Å². The Morgan fingerprint density at radius 1 is 1.67 bits per heavy atom. The first-order chi connectivity index (χ1) is 4.35. The van der Waals surface area contributed by atoms with E-state index in [1.54, 1.807) is 0 Å². The lowest BCUT2D eigenvalue weighted by Gasteiger charge is -2.01. The predicted molar refractivity (Wildman–Crippen MR) is 35.7 cm³/mol. The summed E-state index contributed by atoms with van der Waals surface area (Å²) >= 11 is 0. The molecule has 1 atom stereocenters. The van der Waals surface area contributed by atoms with Crippen LogP contribution in [0.1, 0.15) is 26.2 Å². The summed E-state index contributed by atoms with van der Waals surface area (Å²) in [5.41, 5.74) is 0. The largest absolute Gasteiger partial charge is 0.396 e. The van der Waals surface area contributed by atoms with Crippen molar-refractivity contribution in [3.63, 3.8) is 0 Å². The lowest BCUT2D eigenvalue weighted by molar-refractivity contribution is 0.277. The van der Waals surface area contributed by atoms with Crippen LogP contribution in [0.5, 0.6) is 0 Å². The molecule has 0 aromatic rings. The Kier molecular flexibility index (Phi) is 5.24. The third-order valence-electron chi connectivity index (χ3n) is 1.39. The third-order valence-corrected chi connectivity index (χ3v) is 1.39. The van der Waals surface area contributed by atoms with E-state index in [-0.39, 0.29) is 12.5 Å². The Morgan fingerprint density at radius 2 is 2.33 bits per heavy atom. The number of hydrogen-bond donors (Lipinski definition) is 1. The maximum atomic E-state index is 8.42. The van der Waals surface area contributed by atoms with Gasteiger partial charge in [-0.1, -0.05) is 6.92 Å². The van der Waals surface area contributed by atoms with E-state index in [2.05, 4.69) is 6.07 Å². The van der Waals surface area contributed by atoms with Crippen LogP contribution in [0.25, 0.3) is 0 Å². The average Bonchev–Trinajstić information content (AvgIpc) is 1.91. The summed E-state index contributed by atoms with van der Waals surface area (Å²) in [5.74, 6) is 0.150. The molecule has 0 saturated carbocycles. The van der Waals surface area contributed by atoms with E-state index in [0.29, 0.717) is 0 Å². The molecule has 0 spiro atoms. The van der Waals surface area contributed by atoms with Crippen LogP contribution in [-0.2, 0) is 0 Å². The Bertz CT molecular complexity index is 95.6. The van der Waals surface area contributed by atoms with Gasteiger partial charge in [-0.15, -0.1) is 0 Å². The van der Waals surface area contributed by atoms with Crippen LogP contribution < -0.4 is 0 Å². The topological polar surface area (TPSA) is 44.0 Å². The van der Waals surface area contributed by atoms with Gasteiger partial charge in [0.05, 0.1) is 6.07 Å². The molecule has 0 amide bonds. The lowest BCUT2D eigenvalue weighted by Crippen LogP contribution is -1.95. The molecule has 0 aliphatic carbocycles. The molecule has 0 heterocycles. The van der Waals surface area contributed by atoms with Crippen molar-refractivity contribution in [1.29, 1.82) is 5.26 Å². The summed E-state index contributed by atoms with van der Waals surface area (Å²) in [6, 6.07) is 2.18. The van der Waals surface area contributed by atoms with Crippen molar-refractivity contribution in [2.24, 2.45) is 5.92 Å². The van der Waals surface area contributed by atoms with Gasteiger partial charge in [-0.3, -0.25) is 0 Å². The van der Waals surface area contributed by atoms with Gasteiger partial charge in [-0.2, -0.15) is 5.26 Å². The molecule has 0 aromatic carbocycles. The molecule has 1 N–H and O–H groups in total. The highest BCUT2D eigenvalue weighted by molar-refractivity contribution is 4.80. The fraction of sp³-hybridized carbons (Fsp3) is 0.857. The smallest absolute Gasteiger partial charge is 0.0655 e. The minimum absolute atomic E-state index is 0.150. The number of nitriles is 1. The number of nitrogens with zero attached hydrogens (tertiary/aromatic N) is 1. The van der Waals surface area contributed by atoms with Gasteiger partial charge >= 0.3 is 0 Å². The normalized spacial score (nSPS) is 12.6. The summed E-state index contributed by atoms with van der Waals surface area (Å²) in [6.07, 6.45) is 2.49. The standard InChI is InChI=1S/C7H13NO/c1-2-7(6-8)4-3-5-9/h7,9H,2-5H2,1H3. The predicted octanol–water partition coefficient (Wildman–Crippen LogP) is 1.31. The number of rotatable bonds is 4. The highest BCUT2D eigenvalue weighted by Gasteiger charge is 2.01. The molecule has 0 rings (SSSR count). The maximum absolute atomic E-state index is 8.42. The fourth-order valence-electron chi connectivity index (χ4n) is 0.698. The van der Waals surface area contributed by atoms with Crippen molar-refractivity contribution in [2.75, 3.05) is 6.61 Å². The molecule has 2 heteroatoms. The molecule has 0 fully saturated rings. The summed E-state index contributed by atoms with van der Waals surface area (Å²) in [4.78, 5) is 0. The van der Waals surface area contributed by atoms with Crippen LogP contribution in [-0.4, -0.2) is 11.7 Å². The van der Waals surface area contributed by atoms with Gasteiger partial charge in [0, 0.05) is 12.5 Å². The second-order valence-electron chi connectivity index (χ2n) is 2.10. The van der Waals surface area contributed by atoms with Gasteiger partial charge < -0.3 is 5.11 Å². The minimum Gasteiger partial charge on any atom is -0.396 e. The first-order valence-corrected chi connectivity index (χ1v) is 3.35. The Balaban J connectivity index is 3.23. The highest BCUT2D eigenvalue weighted by Crippen LogP contribution is 2.07. The average molecular weight is 127 g/mol. The van der Waals surface area contributed by atoms with Crippen LogP contribution in [0.3, 0.4) is 0 Å². The van der Waals surface area contributed by atoms with E-state index in [4.69, 9.17) is 10.4 Å². The lowest BCUT2D eigenvalue weighted by atomic mass is 10.0. The summed E-state index contributed by atoms with van der Waals surface area (Å²) < 4.78 is 0. The van der Waals surface area contributed by atoms with Gasteiger partial charge in [-0.25, -0.2) is 0 Å². The van der Waals surface area contributed by atoms with Crippen molar-refractivity contribution in [1.82, 2.24) is 0 Å². The van der Waals surface area contributed by atoms with E-state index in [0.717, 1.165) is 19.3 Å². The maximum Gasteiger partial charge on any atom is 0.0655 e. The van der Waals surface area contributed by atoms with Crippen molar-refractivity contribution >= 4 is 0 Å². The van der Waals surface area contributed by atoms with Crippen LogP contribution in [0.15, 0.2) is 0 Å². The monoisotopic (exact) mass is 127 g/mol. The molecule has 0 bridgehead atoms. The third kappa shape index (κ3) is 3.99. The Hall–Kier alpha value is -0.550. The SMILES string of the molecule is CCC(C#N)CCCO. The molecular formula is C7H13NO. The van der Waals surface area contributed by atoms with Gasteiger partial charge in [0.2, 0.25) is 0 Å². The second-order valence-corrected chi connectivity index (χ2v) is 2.10. The summed E-state index contributed by atoms with van der Waals surface area (Å²) in [5, 5.41) is 16.8. The van der Waals surface area contributed by atoms with Gasteiger partial charge in [-0.05, 0) is 19.3 Å². The first kappa shape index (κ1) is 8.45. The minimum atomic E-state index is 0.150. The number of hydrogen-bond acceptors (Lipinski definition) is 2. The van der Waals surface area contributed by atoms with Crippen molar-refractivity contribution in [3.05, 3.63) is 0 Å². The van der Waals surface area contributed by atoms with Gasteiger partial charge in [0.1, 0.15) is 0 Å². The van der Waals surface area contributed by atoms with Crippen LogP contribution in [0.4, 0.5) is 0 Å². The van der Waals surface area contributed by atoms with Crippen molar-refractivity contribution in [3.8, 4) is 6.07 Å². The van der Waals surface area contributed by atoms with Crippen LogP contribution in [0, 0.1) is 17.2 Å². The van der Waals surface area contributed by atoms with E-state index in [1.807, 2.05) is 6.92 Å². The van der Waals surface area contributed by atoms with Crippen LogP contribution in [0.2, 0.25) is 0 Å².